The molecule has 1 unspecified atom stereocenters. The molecule has 0 saturated carbocycles. The van der Waals surface area contributed by atoms with Crippen LogP contribution in [0.25, 0.3) is 0 Å². The summed E-state index contributed by atoms with van der Waals surface area (Å²) < 4.78 is 14.0. The Kier molecular flexibility index (Phi) is 5.21. The highest BCUT2D eigenvalue weighted by Crippen LogP contribution is 2.28. The zero-order valence-corrected chi connectivity index (χ0v) is 13.2. The van der Waals surface area contributed by atoms with Gasteiger partial charge in [0.1, 0.15) is 5.82 Å². The summed E-state index contributed by atoms with van der Waals surface area (Å²) in [5.41, 5.74) is 0.801. The van der Waals surface area contributed by atoms with Gasteiger partial charge < -0.3 is 10.2 Å². The number of nitrogens with zero attached hydrogens (tertiary/aromatic N) is 1. The molecule has 0 aromatic heterocycles. The number of para-hydroxylation sites is 1. The van der Waals surface area contributed by atoms with Crippen molar-refractivity contribution in [2.75, 3.05) is 18.4 Å². The number of benzene rings is 1. The van der Waals surface area contributed by atoms with Gasteiger partial charge in [0.25, 0.3) is 5.91 Å². The Morgan fingerprint density at radius 2 is 2.24 bits per heavy atom. The highest BCUT2D eigenvalue weighted by Gasteiger charge is 2.32. The van der Waals surface area contributed by atoms with Gasteiger partial charge in [0.15, 0.2) is 0 Å². The molecule has 0 spiro atoms. The Morgan fingerprint density at radius 3 is 2.90 bits per heavy atom. The van der Waals surface area contributed by atoms with Crippen LogP contribution < -0.4 is 5.32 Å². The van der Waals surface area contributed by atoms with Crippen LogP contribution >= 0.6 is 0 Å². The molecule has 4 heteroatoms. The van der Waals surface area contributed by atoms with Crippen molar-refractivity contribution in [3.8, 4) is 0 Å². The lowest BCUT2D eigenvalue weighted by atomic mass is 10.0. The molecule has 1 N–H and O–H groups in total. The van der Waals surface area contributed by atoms with E-state index in [1.54, 1.807) is 12.1 Å². The summed E-state index contributed by atoms with van der Waals surface area (Å²) >= 11 is 0. The number of hydrogen-bond acceptors (Lipinski definition) is 2. The van der Waals surface area contributed by atoms with Crippen LogP contribution in [0.3, 0.4) is 0 Å². The molecule has 1 saturated heterocycles. The first-order chi connectivity index (χ1) is 10.1. The van der Waals surface area contributed by atoms with E-state index in [9.17, 15) is 9.18 Å². The average Bonchev–Trinajstić information content (AvgIpc) is 2.94. The monoisotopic (exact) mass is 292 g/mol. The molecule has 3 nitrogen and oxygen atoms in total. The number of anilines is 1. The topological polar surface area (TPSA) is 32.3 Å². The lowest BCUT2D eigenvalue weighted by molar-refractivity contribution is 0.0702. The van der Waals surface area contributed by atoms with Crippen LogP contribution in [0.5, 0.6) is 0 Å². The molecule has 116 valence electrons. The molecule has 2 rings (SSSR count). The number of hydrogen-bond donors (Lipinski definition) is 1. The first-order valence-electron chi connectivity index (χ1n) is 7.89. The van der Waals surface area contributed by atoms with Gasteiger partial charge in [0, 0.05) is 19.1 Å². The van der Waals surface area contributed by atoms with Crippen molar-refractivity contribution >= 4 is 11.6 Å². The molecule has 0 aliphatic carbocycles. The molecule has 1 amide bonds. The number of nitrogens with one attached hydrogen (secondary N) is 1. The fourth-order valence-electron chi connectivity index (χ4n) is 3.02. The van der Waals surface area contributed by atoms with Gasteiger partial charge in [-0.3, -0.25) is 4.79 Å². The lowest BCUT2D eigenvalue weighted by Crippen LogP contribution is -2.38. The van der Waals surface area contributed by atoms with Crippen molar-refractivity contribution in [1.82, 2.24) is 4.90 Å². The third-order valence-corrected chi connectivity index (χ3v) is 4.13. The highest BCUT2D eigenvalue weighted by molar-refractivity contribution is 6.00. The van der Waals surface area contributed by atoms with E-state index in [-0.39, 0.29) is 17.8 Å². The Hall–Kier alpha value is -1.58. The smallest absolute Gasteiger partial charge is 0.256 e. The van der Waals surface area contributed by atoms with Gasteiger partial charge in [-0.05, 0) is 37.3 Å². The first kappa shape index (κ1) is 15.8. The van der Waals surface area contributed by atoms with E-state index >= 15 is 0 Å². The Bertz CT molecular complexity index is 502. The van der Waals surface area contributed by atoms with Crippen LogP contribution in [-0.2, 0) is 0 Å². The molecule has 1 atom stereocenters. The van der Waals surface area contributed by atoms with E-state index in [0.717, 1.165) is 25.8 Å². The maximum absolute atomic E-state index is 14.0. The second-order valence-corrected chi connectivity index (χ2v) is 6.04. The summed E-state index contributed by atoms with van der Waals surface area (Å²) in [6, 6.07) is 5.00. The summed E-state index contributed by atoms with van der Waals surface area (Å²) in [5.74, 6) is 0.0240. The van der Waals surface area contributed by atoms with Crippen LogP contribution in [0.2, 0.25) is 0 Å². The predicted octanol–water partition coefficient (Wildman–Crippen LogP) is 3.91. The molecular formula is C17H25FN2O. The number of amides is 1. The van der Waals surface area contributed by atoms with Crippen LogP contribution in [0.4, 0.5) is 10.1 Å². The molecule has 1 heterocycles. The van der Waals surface area contributed by atoms with E-state index < -0.39 is 0 Å². The van der Waals surface area contributed by atoms with Crippen molar-refractivity contribution < 1.29 is 9.18 Å². The molecule has 21 heavy (non-hydrogen) atoms. The summed E-state index contributed by atoms with van der Waals surface area (Å²) in [5, 5.41) is 3.06. The summed E-state index contributed by atoms with van der Waals surface area (Å²) in [6.45, 7) is 7.72. The lowest BCUT2D eigenvalue weighted by Gasteiger charge is -2.28. The summed E-state index contributed by atoms with van der Waals surface area (Å²) in [7, 11) is 0. The SMILES string of the molecule is CCCNc1c(F)cccc1C(=O)N1CCCC1C(C)C. The Labute approximate surface area is 126 Å². The second-order valence-electron chi connectivity index (χ2n) is 6.04. The molecule has 1 aliphatic heterocycles. The zero-order valence-electron chi connectivity index (χ0n) is 13.2. The molecule has 0 radical (unpaired) electrons. The second kappa shape index (κ2) is 6.92. The summed E-state index contributed by atoms with van der Waals surface area (Å²) in [4.78, 5) is 14.7. The maximum Gasteiger partial charge on any atom is 0.256 e. The van der Waals surface area contributed by atoms with Gasteiger partial charge in [-0.2, -0.15) is 0 Å². The van der Waals surface area contributed by atoms with Crippen molar-refractivity contribution in [2.45, 2.75) is 46.1 Å². The number of carbonyl (C=O) groups excluding carboxylic acids is 1. The summed E-state index contributed by atoms with van der Waals surface area (Å²) in [6.07, 6.45) is 2.96. The number of carbonyl (C=O) groups is 1. The van der Waals surface area contributed by atoms with Crippen LogP contribution in [0.1, 0.15) is 50.4 Å². The third kappa shape index (κ3) is 3.36. The van der Waals surface area contributed by atoms with Gasteiger partial charge in [0.2, 0.25) is 0 Å². The van der Waals surface area contributed by atoms with Gasteiger partial charge in [-0.1, -0.05) is 26.8 Å². The molecule has 0 bridgehead atoms. The Morgan fingerprint density at radius 1 is 1.48 bits per heavy atom. The van der Waals surface area contributed by atoms with Crippen molar-refractivity contribution in [1.29, 1.82) is 0 Å². The predicted molar refractivity (Wildman–Crippen MR) is 84.1 cm³/mol. The van der Waals surface area contributed by atoms with E-state index in [0.29, 0.717) is 23.7 Å². The van der Waals surface area contributed by atoms with E-state index in [1.165, 1.54) is 6.07 Å². The number of halogens is 1. The van der Waals surface area contributed by atoms with Crippen LogP contribution in [0.15, 0.2) is 18.2 Å². The number of likely N-dealkylation sites (tertiary alicyclic amines) is 1. The molecule has 1 aromatic carbocycles. The van der Waals surface area contributed by atoms with Crippen molar-refractivity contribution in [2.24, 2.45) is 5.92 Å². The first-order valence-corrected chi connectivity index (χ1v) is 7.89. The van der Waals surface area contributed by atoms with Crippen molar-refractivity contribution in [3.05, 3.63) is 29.6 Å². The maximum atomic E-state index is 14.0. The molecular weight excluding hydrogens is 267 g/mol. The molecule has 1 fully saturated rings. The zero-order chi connectivity index (χ0) is 15.4. The quantitative estimate of drug-likeness (QED) is 0.892. The van der Waals surface area contributed by atoms with E-state index in [4.69, 9.17) is 0 Å². The molecule has 1 aromatic rings. The minimum atomic E-state index is -0.352. The van der Waals surface area contributed by atoms with Crippen LogP contribution in [-0.4, -0.2) is 29.9 Å². The van der Waals surface area contributed by atoms with Gasteiger partial charge in [-0.25, -0.2) is 4.39 Å². The largest absolute Gasteiger partial charge is 0.382 e. The molecule has 1 aliphatic rings. The Balaban J connectivity index is 2.28. The van der Waals surface area contributed by atoms with Gasteiger partial charge in [-0.15, -0.1) is 0 Å². The van der Waals surface area contributed by atoms with Crippen LogP contribution in [0, 0.1) is 11.7 Å². The number of rotatable bonds is 5. The fourth-order valence-corrected chi connectivity index (χ4v) is 3.02. The van der Waals surface area contributed by atoms with Crippen molar-refractivity contribution in [3.63, 3.8) is 0 Å². The average molecular weight is 292 g/mol. The third-order valence-electron chi connectivity index (χ3n) is 4.13. The minimum Gasteiger partial charge on any atom is -0.382 e. The normalized spacial score (nSPS) is 18.3. The standard InChI is InChI=1S/C17H25FN2O/c1-4-10-19-16-13(7-5-8-14(16)18)17(21)20-11-6-9-15(20)12(2)3/h5,7-8,12,15,19H,4,6,9-11H2,1-3H3. The van der Waals surface area contributed by atoms with Gasteiger partial charge in [0.05, 0.1) is 11.3 Å². The van der Waals surface area contributed by atoms with E-state index in [2.05, 4.69) is 19.2 Å². The van der Waals surface area contributed by atoms with E-state index in [1.807, 2.05) is 11.8 Å². The van der Waals surface area contributed by atoms with Gasteiger partial charge >= 0.3 is 0 Å². The highest BCUT2D eigenvalue weighted by atomic mass is 19.1. The minimum absolute atomic E-state index is 0.0516. The fraction of sp³-hybridized carbons (Fsp3) is 0.588.